The van der Waals surface area contributed by atoms with Crippen LogP contribution in [0.5, 0.6) is 0 Å². The molecule has 6 heavy (non-hydrogen) atoms. The molecule has 0 spiro atoms. The van der Waals surface area contributed by atoms with Gasteiger partial charge in [-0.15, -0.1) is 0 Å². The molecule has 1 saturated heterocycles. The van der Waals surface area contributed by atoms with Gasteiger partial charge in [0.05, 0.1) is 0 Å². The van der Waals surface area contributed by atoms with Gasteiger partial charge in [0.15, 0.2) is 0 Å². The third-order valence-electron chi connectivity index (χ3n) is 0.744. The lowest BCUT2D eigenvalue weighted by molar-refractivity contribution is 0.156. The molecular formula is C3H7BO2. The summed E-state index contributed by atoms with van der Waals surface area (Å²) in [4.78, 5) is 0. The lowest BCUT2D eigenvalue weighted by Gasteiger charge is -2.08. The Hall–Kier alpha value is -0.0151. The molecule has 0 N–H and O–H groups in total. The van der Waals surface area contributed by atoms with Gasteiger partial charge in [0.1, 0.15) is 0 Å². The largest absolute Gasteiger partial charge is 0.438 e. The lowest BCUT2D eigenvalue weighted by Crippen LogP contribution is -2.14. The van der Waals surface area contributed by atoms with E-state index in [1.54, 1.807) is 0 Å². The van der Waals surface area contributed by atoms with Crippen molar-refractivity contribution >= 4 is 7.69 Å². The molecule has 0 saturated carbocycles. The smallest absolute Gasteiger partial charge is 0.414 e. The molecule has 0 aromatic carbocycles. The molecule has 0 radical (unpaired) electrons. The van der Waals surface area contributed by atoms with E-state index in [1.807, 2.05) is 0 Å². The molecule has 1 fully saturated rings. The highest BCUT2D eigenvalue weighted by Crippen LogP contribution is 1.89. The monoisotopic (exact) mass is 86.1 g/mol. The Bertz CT molecular complexity index is 24.3. The minimum absolute atomic E-state index is 0.500. The molecule has 0 unspecified atom stereocenters. The molecule has 34 valence electrons. The molecule has 1 heterocycles. The molecule has 0 bridgehead atoms. The molecule has 2 nitrogen and oxygen atoms in total. The number of rotatable bonds is 0. The number of hydrogen-bond donors (Lipinski definition) is 0. The minimum atomic E-state index is 0.500. The molecule has 0 aromatic heterocycles. The fourth-order valence-electron chi connectivity index (χ4n) is 0.440. The van der Waals surface area contributed by atoms with E-state index in [0.29, 0.717) is 7.69 Å². The molecule has 1 aliphatic heterocycles. The highest BCUT2D eigenvalue weighted by atomic mass is 16.6. The highest BCUT2D eigenvalue weighted by molar-refractivity contribution is 6.18. The van der Waals surface area contributed by atoms with Crippen LogP contribution >= 0.6 is 0 Å². The van der Waals surface area contributed by atoms with Crippen LogP contribution in [0.4, 0.5) is 0 Å². The fraction of sp³-hybridized carbons (Fsp3) is 1.00. The molecule has 1 rings (SSSR count). The van der Waals surface area contributed by atoms with E-state index < -0.39 is 0 Å². The van der Waals surface area contributed by atoms with Crippen molar-refractivity contribution in [3.8, 4) is 0 Å². The maximum atomic E-state index is 4.85. The average Bonchev–Trinajstić information content (AvgIpc) is 1.72. The summed E-state index contributed by atoms with van der Waals surface area (Å²) in [5.74, 6) is 0. The Morgan fingerprint density at radius 1 is 1.17 bits per heavy atom. The summed E-state index contributed by atoms with van der Waals surface area (Å²) < 4.78 is 9.69. The summed E-state index contributed by atoms with van der Waals surface area (Å²) in [6.45, 7) is 1.75. The normalized spacial score (nSPS) is 22.7. The van der Waals surface area contributed by atoms with Gasteiger partial charge in [-0.3, -0.25) is 0 Å². The van der Waals surface area contributed by atoms with Gasteiger partial charge >= 0.3 is 7.69 Å². The zero-order valence-electron chi connectivity index (χ0n) is 3.64. The highest BCUT2D eigenvalue weighted by Gasteiger charge is 1.97. The summed E-state index contributed by atoms with van der Waals surface area (Å²) in [6, 6.07) is 0. The van der Waals surface area contributed by atoms with Crippen molar-refractivity contribution in [1.29, 1.82) is 0 Å². The minimum Gasteiger partial charge on any atom is -0.414 e. The maximum Gasteiger partial charge on any atom is 0.438 e. The van der Waals surface area contributed by atoms with Crippen molar-refractivity contribution in [2.24, 2.45) is 0 Å². The zero-order chi connectivity index (χ0) is 4.24. The van der Waals surface area contributed by atoms with Gasteiger partial charge in [-0.05, 0) is 6.42 Å². The zero-order valence-corrected chi connectivity index (χ0v) is 3.64. The van der Waals surface area contributed by atoms with Crippen LogP contribution in [0, 0.1) is 0 Å². The van der Waals surface area contributed by atoms with Crippen molar-refractivity contribution in [1.82, 2.24) is 0 Å². The van der Waals surface area contributed by atoms with Crippen molar-refractivity contribution in [3.63, 3.8) is 0 Å². The Kier molecular flexibility index (Phi) is 1.53. The third kappa shape index (κ3) is 0.991. The predicted octanol–water partition coefficient (Wildman–Crippen LogP) is -0.310. The van der Waals surface area contributed by atoms with E-state index in [1.165, 1.54) is 0 Å². The van der Waals surface area contributed by atoms with Gasteiger partial charge < -0.3 is 9.31 Å². The standard InChI is InChI=1S/C3H7BO2/c1-2-5-4-6-3-1/h4H,1-3H2. The van der Waals surface area contributed by atoms with Crippen molar-refractivity contribution in [2.45, 2.75) is 6.42 Å². The van der Waals surface area contributed by atoms with Crippen LogP contribution < -0.4 is 0 Å². The molecule has 1 aliphatic rings. The average molecular weight is 85.9 g/mol. The van der Waals surface area contributed by atoms with E-state index >= 15 is 0 Å². The van der Waals surface area contributed by atoms with E-state index in [0.717, 1.165) is 19.6 Å². The maximum absolute atomic E-state index is 4.85. The van der Waals surface area contributed by atoms with E-state index in [9.17, 15) is 0 Å². The van der Waals surface area contributed by atoms with Crippen LogP contribution in [0.15, 0.2) is 0 Å². The fourth-order valence-corrected chi connectivity index (χ4v) is 0.440. The second-order valence-corrected chi connectivity index (χ2v) is 1.29. The number of hydrogen-bond acceptors (Lipinski definition) is 2. The van der Waals surface area contributed by atoms with E-state index in [4.69, 9.17) is 9.31 Å². The first-order valence-corrected chi connectivity index (χ1v) is 2.15. The molecule has 0 aliphatic carbocycles. The van der Waals surface area contributed by atoms with Gasteiger partial charge in [0.2, 0.25) is 0 Å². The summed E-state index contributed by atoms with van der Waals surface area (Å²) in [5.41, 5.74) is 0. The van der Waals surface area contributed by atoms with E-state index in [-0.39, 0.29) is 0 Å². The van der Waals surface area contributed by atoms with Gasteiger partial charge in [-0.1, -0.05) is 0 Å². The van der Waals surface area contributed by atoms with Crippen molar-refractivity contribution in [2.75, 3.05) is 13.2 Å². The van der Waals surface area contributed by atoms with Crippen LogP contribution in [0.2, 0.25) is 0 Å². The summed E-state index contributed by atoms with van der Waals surface area (Å²) in [5, 5.41) is 0. The summed E-state index contributed by atoms with van der Waals surface area (Å²) in [6.07, 6.45) is 1.06. The van der Waals surface area contributed by atoms with Crippen LogP contribution in [-0.4, -0.2) is 20.9 Å². The van der Waals surface area contributed by atoms with Crippen LogP contribution in [0.25, 0.3) is 0 Å². The molecular weight excluding hydrogens is 78.8 g/mol. The second kappa shape index (κ2) is 2.21. The Morgan fingerprint density at radius 3 is 2.00 bits per heavy atom. The first kappa shape index (κ1) is 4.15. The summed E-state index contributed by atoms with van der Waals surface area (Å²) >= 11 is 0. The van der Waals surface area contributed by atoms with Crippen LogP contribution in [-0.2, 0) is 9.31 Å². The van der Waals surface area contributed by atoms with Crippen molar-refractivity contribution < 1.29 is 9.31 Å². The van der Waals surface area contributed by atoms with Crippen molar-refractivity contribution in [3.05, 3.63) is 0 Å². The lowest BCUT2D eigenvalue weighted by atomic mass is 10.3. The van der Waals surface area contributed by atoms with Gasteiger partial charge in [-0.2, -0.15) is 0 Å². The molecule has 0 amide bonds. The second-order valence-electron chi connectivity index (χ2n) is 1.29. The first-order valence-electron chi connectivity index (χ1n) is 2.15. The van der Waals surface area contributed by atoms with Gasteiger partial charge in [-0.25, -0.2) is 0 Å². The SMILES string of the molecule is B1OCCCO1. The van der Waals surface area contributed by atoms with Gasteiger partial charge in [0.25, 0.3) is 0 Å². The Morgan fingerprint density at radius 2 is 1.83 bits per heavy atom. The van der Waals surface area contributed by atoms with E-state index in [2.05, 4.69) is 0 Å². The summed E-state index contributed by atoms with van der Waals surface area (Å²) in [7, 11) is 0.500. The predicted molar refractivity (Wildman–Crippen MR) is 23.7 cm³/mol. The Labute approximate surface area is 37.7 Å². The molecule has 0 atom stereocenters. The van der Waals surface area contributed by atoms with Gasteiger partial charge in [0, 0.05) is 13.2 Å². The Balaban J connectivity index is 2.00. The first-order chi connectivity index (χ1) is 3.00. The topological polar surface area (TPSA) is 18.5 Å². The molecule has 0 aromatic rings. The molecule has 3 heteroatoms. The van der Waals surface area contributed by atoms with Crippen LogP contribution in [0.3, 0.4) is 0 Å². The third-order valence-corrected chi connectivity index (χ3v) is 0.744. The van der Waals surface area contributed by atoms with Crippen LogP contribution in [0.1, 0.15) is 6.42 Å². The quantitative estimate of drug-likeness (QED) is 0.376.